The zero-order valence-corrected chi connectivity index (χ0v) is 43.4. The third-order valence-electron chi connectivity index (χ3n) is 12.2. The monoisotopic (exact) mass is 1140 g/mol. The molecule has 82 heavy (non-hydrogen) atoms. The molecule has 0 spiro atoms. The Hall–Kier alpha value is -11.0. The Morgan fingerprint density at radius 1 is 0.549 bits per heavy atom. The SMILES string of the molecule is Cc1ccc(-c2nc(-c3cc(-[n+]4cc(F)cc(Cn5nc(-c6noc(-c7cncc(Cl)c7)n6)cc(-[n+]6cc(F)cc(Cn7nc(-c8noc(-c9cccc(Cl)c9)n8)ccc7=O)c6)c5=O)c4)c(=O)n(Cc4ccc(C#N)nc4)n3)no2)cn1. The summed E-state index contributed by atoms with van der Waals surface area (Å²) >= 11 is 12.4. The van der Waals surface area contributed by atoms with Crippen LogP contribution in [0.15, 0.2) is 169 Å². The van der Waals surface area contributed by atoms with Gasteiger partial charge in [-0.25, -0.2) is 27.8 Å². The van der Waals surface area contributed by atoms with Gasteiger partial charge in [-0.1, -0.05) is 50.8 Å². The first-order valence-electron chi connectivity index (χ1n) is 24.2. The molecule has 0 radical (unpaired) electrons. The van der Waals surface area contributed by atoms with Gasteiger partial charge in [0, 0.05) is 70.4 Å². The number of aromatic nitrogens is 17. The van der Waals surface area contributed by atoms with E-state index in [0.717, 1.165) is 44.3 Å². The van der Waals surface area contributed by atoms with Gasteiger partial charge in [-0.3, -0.25) is 24.4 Å². The Kier molecular flexibility index (Phi) is 13.7. The van der Waals surface area contributed by atoms with E-state index in [2.05, 4.69) is 60.7 Å². The molecule has 28 heteroatoms. The number of benzene rings is 1. The summed E-state index contributed by atoms with van der Waals surface area (Å²) in [6, 6.07) is 24.4. The van der Waals surface area contributed by atoms with E-state index < -0.39 is 34.9 Å². The second-order valence-electron chi connectivity index (χ2n) is 18.0. The molecule has 0 saturated heterocycles. The Labute approximate surface area is 467 Å². The first-order chi connectivity index (χ1) is 39.7. The first-order valence-corrected chi connectivity index (χ1v) is 24.9. The molecule has 11 heterocycles. The fourth-order valence-electron chi connectivity index (χ4n) is 8.37. The molecule has 12 aromatic rings. The van der Waals surface area contributed by atoms with Gasteiger partial charge in [0.2, 0.25) is 29.9 Å². The van der Waals surface area contributed by atoms with E-state index in [1.165, 1.54) is 70.5 Å². The number of hydrogen-bond acceptors (Lipinski definition) is 19. The highest BCUT2D eigenvalue weighted by Crippen LogP contribution is 2.26. The minimum Gasteiger partial charge on any atom is -0.334 e. The van der Waals surface area contributed by atoms with Crippen LogP contribution in [0.2, 0.25) is 10.0 Å². The van der Waals surface area contributed by atoms with Crippen molar-refractivity contribution in [3.8, 4) is 86.4 Å². The van der Waals surface area contributed by atoms with Crippen molar-refractivity contribution < 1.29 is 31.5 Å². The lowest BCUT2D eigenvalue weighted by atomic mass is 10.2. The lowest BCUT2D eigenvalue weighted by Gasteiger charge is -2.09. The second-order valence-corrected chi connectivity index (χ2v) is 18.9. The van der Waals surface area contributed by atoms with Crippen LogP contribution in [0.3, 0.4) is 0 Å². The molecule has 0 bridgehead atoms. The molecule has 24 nitrogen and oxygen atoms in total. The molecular weight excluding hydrogens is 1110 g/mol. The van der Waals surface area contributed by atoms with Crippen LogP contribution < -0.4 is 25.8 Å². The largest absolute Gasteiger partial charge is 0.339 e. The Balaban J connectivity index is 0.929. The molecule has 0 aliphatic rings. The van der Waals surface area contributed by atoms with E-state index in [9.17, 15) is 19.6 Å². The van der Waals surface area contributed by atoms with Crippen LogP contribution in [0.25, 0.3) is 80.3 Å². The maximum Gasteiger partial charge on any atom is 0.339 e. The van der Waals surface area contributed by atoms with Crippen molar-refractivity contribution in [1.82, 2.24) is 74.7 Å². The highest BCUT2D eigenvalue weighted by molar-refractivity contribution is 6.31. The number of aryl methyl sites for hydroxylation is 1. The summed E-state index contributed by atoms with van der Waals surface area (Å²) in [4.78, 5) is 68.5. The van der Waals surface area contributed by atoms with Crippen LogP contribution in [0.1, 0.15) is 28.1 Å². The lowest BCUT2D eigenvalue weighted by molar-refractivity contribution is -0.599. The van der Waals surface area contributed by atoms with Gasteiger partial charge in [0.25, 0.3) is 34.6 Å². The Morgan fingerprint density at radius 2 is 1.12 bits per heavy atom. The van der Waals surface area contributed by atoms with Gasteiger partial charge in [-0.15, -0.1) is 0 Å². The molecule has 0 fully saturated rings. The van der Waals surface area contributed by atoms with Gasteiger partial charge in [0.1, 0.15) is 28.8 Å². The van der Waals surface area contributed by atoms with Gasteiger partial charge in [0.05, 0.1) is 35.8 Å². The molecule has 0 saturated carbocycles. The van der Waals surface area contributed by atoms with E-state index in [1.54, 1.807) is 54.7 Å². The van der Waals surface area contributed by atoms with Crippen LogP contribution >= 0.6 is 23.2 Å². The van der Waals surface area contributed by atoms with Crippen LogP contribution in [-0.4, -0.2) is 74.7 Å². The number of halogens is 4. The molecule has 11 aromatic heterocycles. The smallest absolute Gasteiger partial charge is 0.334 e. The Bertz CT molecular complexity index is 4690. The zero-order valence-electron chi connectivity index (χ0n) is 41.9. The number of nitrogens with zero attached hydrogens (tertiary/aromatic N) is 18. The number of pyridine rings is 5. The van der Waals surface area contributed by atoms with Gasteiger partial charge < -0.3 is 13.6 Å². The molecule has 0 aliphatic carbocycles. The van der Waals surface area contributed by atoms with Crippen LogP contribution in [0.5, 0.6) is 0 Å². The fraction of sp³-hybridized carbons (Fsp3) is 0.0741. The van der Waals surface area contributed by atoms with Crippen molar-refractivity contribution in [3.63, 3.8) is 0 Å². The minimum absolute atomic E-state index is 0.0123. The fourth-order valence-corrected chi connectivity index (χ4v) is 8.74. The van der Waals surface area contributed by atoms with E-state index in [4.69, 9.17) is 36.8 Å². The maximum atomic E-state index is 16.1. The van der Waals surface area contributed by atoms with E-state index >= 15 is 8.78 Å². The molecule has 1 aromatic carbocycles. The van der Waals surface area contributed by atoms with Crippen molar-refractivity contribution >= 4 is 23.2 Å². The summed E-state index contributed by atoms with van der Waals surface area (Å²) < 4.78 is 54.1. The van der Waals surface area contributed by atoms with Gasteiger partial charge >= 0.3 is 11.1 Å². The third kappa shape index (κ3) is 10.9. The molecular formula is C54H32Cl2F2N18O6+2. The quantitative estimate of drug-likeness (QED) is 0.110. The third-order valence-corrected chi connectivity index (χ3v) is 12.6. The molecule has 0 unspecified atom stereocenters. The summed E-state index contributed by atoms with van der Waals surface area (Å²) in [7, 11) is 0. The van der Waals surface area contributed by atoms with Crippen molar-refractivity contribution in [2.24, 2.45) is 0 Å². The van der Waals surface area contributed by atoms with Crippen molar-refractivity contribution in [2.75, 3.05) is 0 Å². The van der Waals surface area contributed by atoms with Gasteiger partial charge in [0.15, 0.2) is 24.0 Å². The summed E-state index contributed by atoms with van der Waals surface area (Å²) in [6.45, 7) is 0.897. The van der Waals surface area contributed by atoms with Crippen molar-refractivity contribution in [3.05, 3.63) is 221 Å². The van der Waals surface area contributed by atoms with Crippen LogP contribution in [0.4, 0.5) is 8.78 Å². The molecule has 0 atom stereocenters. The summed E-state index contributed by atoms with van der Waals surface area (Å²) in [5.74, 6) is -1.52. The molecule has 0 N–H and O–H groups in total. The van der Waals surface area contributed by atoms with Crippen molar-refractivity contribution in [1.29, 1.82) is 5.26 Å². The van der Waals surface area contributed by atoms with Crippen molar-refractivity contribution in [2.45, 2.75) is 26.6 Å². The van der Waals surface area contributed by atoms with Crippen LogP contribution in [-0.2, 0) is 19.6 Å². The Morgan fingerprint density at radius 3 is 1.70 bits per heavy atom. The average molecular weight is 1140 g/mol. The second kappa shape index (κ2) is 21.7. The highest BCUT2D eigenvalue weighted by atomic mass is 35.5. The van der Waals surface area contributed by atoms with Crippen LogP contribution in [0, 0.1) is 29.9 Å². The van der Waals surface area contributed by atoms with E-state index in [-0.39, 0.29) is 98.5 Å². The zero-order chi connectivity index (χ0) is 56.6. The minimum atomic E-state index is -0.841. The summed E-state index contributed by atoms with van der Waals surface area (Å²) in [6.07, 6.45) is 10.7. The lowest BCUT2D eigenvalue weighted by Crippen LogP contribution is -2.43. The molecule has 12 rings (SSSR count). The summed E-state index contributed by atoms with van der Waals surface area (Å²) in [5.41, 5.74) is 0.793. The molecule has 0 aliphatic heterocycles. The highest BCUT2D eigenvalue weighted by Gasteiger charge is 2.27. The van der Waals surface area contributed by atoms with Gasteiger partial charge in [-0.05, 0) is 73.2 Å². The molecule has 0 amide bonds. The average Bonchev–Trinajstić information content (AvgIpc) is 4.38. The normalized spacial score (nSPS) is 11.3. The maximum absolute atomic E-state index is 16.1. The predicted octanol–water partition coefficient (Wildman–Crippen LogP) is 6.16. The van der Waals surface area contributed by atoms with Gasteiger partial charge in [-0.2, -0.15) is 44.6 Å². The number of nitriles is 1. The summed E-state index contributed by atoms with van der Waals surface area (Å²) in [5, 5.41) is 35.9. The molecule has 400 valence electrons. The first kappa shape index (κ1) is 51.7. The predicted molar refractivity (Wildman–Crippen MR) is 281 cm³/mol. The van der Waals surface area contributed by atoms with E-state index in [0.29, 0.717) is 27.3 Å². The number of hydrogen-bond donors (Lipinski definition) is 0. The number of rotatable bonds is 14. The topological polar surface area (TPSA) is 292 Å². The standard InChI is InChI=1S/C54H32Cl2F2N18O6/c1-29-5-7-34(20-61-29)51-64-48(70-81-51)42-15-44(53(78)75(67-42)24-30-6-8-40(17-59)62-18-30)73-23-32(12-39(58)28-73)26-76-54(79)45(16-43(68-76)49-65-52(82-71-49)35-14-37(56)21-60-19-35)72-22-31(11-38(57)27-72)25-74-46(77)10-9-41(66-74)47-63-50(80-69-47)33-3-2-4-36(55)13-33/h2-16,18-23,27-28H,24-26H2,1H3/q+2. The van der Waals surface area contributed by atoms with E-state index in [1.807, 2.05) is 13.0 Å².